The molecule has 5 rings (SSSR count). The summed E-state index contributed by atoms with van der Waals surface area (Å²) in [7, 11) is 0. The van der Waals surface area contributed by atoms with Crippen molar-refractivity contribution in [3.05, 3.63) is 24.5 Å². The first kappa shape index (κ1) is 26.1. The van der Waals surface area contributed by atoms with E-state index >= 15 is 0 Å². The summed E-state index contributed by atoms with van der Waals surface area (Å²) in [6.07, 6.45) is 3.94. The highest BCUT2D eigenvalue weighted by Crippen LogP contribution is 2.31. The molecule has 1 amide bonds. The molecule has 3 aromatic heterocycles. The van der Waals surface area contributed by atoms with E-state index in [1.165, 1.54) is 6.92 Å². The van der Waals surface area contributed by atoms with Crippen molar-refractivity contribution >= 4 is 40.2 Å². The van der Waals surface area contributed by atoms with E-state index in [4.69, 9.17) is 10.1 Å². The van der Waals surface area contributed by atoms with Crippen molar-refractivity contribution in [2.75, 3.05) is 54.4 Å². The zero-order valence-electron chi connectivity index (χ0n) is 22.5. The number of carbonyl (C=O) groups is 1. The monoisotopic (exact) mass is 523 g/mol. The summed E-state index contributed by atoms with van der Waals surface area (Å²) in [4.78, 5) is 31.9. The number of amides is 1. The Kier molecular flexibility index (Phi) is 7.10. The highest BCUT2D eigenvalue weighted by atomic mass is 16.3. The molecule has 0 saturated carbocycles. The number of hydrogen-bond donors (Lipinski definition) is 3. The number of rotatable bonds is 6. The number of anilines is 4. The maximum atomic E-state index is 12.2. The second kappa shape index (κ2) is 10.3. The van der Waals surface area contributed by atoms with Crippen molar-refractivity contribution in [3.8, 4) is 0 Å². The number of piperidine rings is 1. The summed E-state index contributed by atoms with van der Waals surface area (Å²) in [5.41, 5.74) is 0.329. The predicted octanol–water partition coefficient (Wildman–Crippen LogP) is 1.93. The molecular formula is C26H37N9O3. The van der Waals surface area contributed by atoms with Crippen LogP contribution in [0.1, 0.15) is 46.6 Å². The van der Waals surface area contributed by atoms with E-state index in [0.717, 1.165) is 16.7 Å². The lowest BCUT2D eigenvalue weighted by Crippen LogP contribution is -2.51. The summed E-state index contributed by atoms with van der Waals surface area (Å²) in [5.74, 6) is 2.55. The topological polar surface area (TPSA) is 136 Å². The molecular weight excluding hydrogens is 486 g/mol. The Hall–Kier alpha value is -3.51. The van der Waals surface area contributed by atoms with Crippen molar-refractivity contribution in [3.63, 3.8) is 0 Å². The average molecular weight is 524 g/mol. The van der Waals surface area contributed by atoms with Crippen LogP contribution in [0.15, 0.2) is 24.5 Å². The number of fused-ring (bicyclic) bond motifs is 1. The maximum Gasteiger partial charge on any atom is 0.251 e. The molecule has 204 valence electrons. The fourth-order valence-electron chi connectivity index (χ4n) is 5.00. The van der Waals surface area contributed by atoms with Crippen LogP contribution < -0.4 is 15.1 Å². The van der Waals surface area contributed by atoms with Gasteiger partial charge >= 0.3 is 0 Å². The molecule has 0 aliphatic carbocycles. The van der Waals surface area contributed by atoms with Gasteiger partial charge in [-0.1, -0.05) is 0 Å². The molecule has 12 heteroatoms. The van der Waals surface area contributed by atoms with E-state index < -0.39 is 11.7 Å². The fraction of sp³-hybridized carbons (Fsp3) is 0.577. The molecule has 38 heavy (non-hydrogen) atoms. The smallest absolute Gasteiger partial charge is 0.251 e. The number of nitrogens with zero attached hydrogens (tertiary/aromatic N) is 8. The minimum atomic E-state index is -0.986. The lowest BCUT2D eigenvalue weighted by Gasteiger charge is -2.35. The molecule has 2 aliphatic rings. The first-order valence-corrected chi connectivity index (χ1v) is 13.3. The third-order valence-corrected chi connectivity index (χ3v) is 7.33. The Morgan fingerprint density at radius 2 is 1.74 bits per heavy atom. The molecule has 1 atom stereocenters. The number of aromatic nitrogens is 5. The molecule has 2 saturated heterocycles. The number of hydrogen-bond acceptors (Lipinski definition) is 10. The summed E-state index contributed by atoms with van der Waals surface area (Å²) in [5, 5.41) is 29.1. The fourth-order valence-corrected chi connectivity index (χ4v) is 5.00. The first-order chi connectivity index (χ1) is 18.1. The molecule has 12 nitrogen and oxygen atoms in total. The summed E-state index contributed by atoms with van der Waals surface area (Å²) in [6.45, 7) is 11.3. The Bertz CT molecular complexity index is 1290. The SMILES string of the molecule is CC(O)C(=O)N1CCN(c2nn(C(C)C)c3cc(Nc4ccnc(N5CCC(C)(O)CC5)n4)ncc23)CC1. The van der Waals surface area contributed by atoms with Crippen molar-refractivity contribution in [2.24, 2.45) is 0 Å². The van der Waals surface area contributed by atoms with Crippen molar-refractivity contribution < 1.29 is 15.0 Å². The van der Waals surface area contributed by atoms with Crippen LogP contribution in [0.5, 0.6) is 0 Å². The van der Waals surface area contributed by atoms with Gasteiger partial charge in [0.1, 0.15) is 17.7 Å². The Morgan fingerprint density at radius 3 is 2.39 bits per heavy atom. The minimum absolute atomic E-state index is 0.140. The Labute approximate surface area is 222 Å². The largest absolute Gasteiger partial charge is 0.390 e. The van der Waals surface area contributed by atoms with E-state index in [1.54, 1.807) is 11.1 Å². The second-order valence-corrected chi connectivity index (χ2v) is 10.8. The normalized spacial score (nSPS) is 18.8. The van der Waals surface area contributed by atoms with Gasteiger partial charge in [-0.05, 0) is 46.6 Å². The molecule has 0 bridgehead atoms. The molecule has 0 spiro atoms. The number of aliphatic hydroxyl groups excluding tert-OH is 1. The summed E-state index contributed by atoms with van der Waals surface area (Å²) in [6, 6.07) is 3.94. The number of piperazine rings is 1. The van der Waals surface area contributed by atoms with Gasteiger partial charge in [-0.3, -0.25) is 9.48 Å². The van der Waals surface area contributed by atoms with Gasteiger partial charge in [-0.2, -0.15) is 10.1 Å². The number of aliphatic hydroxyl groups is 2. The third kappa shape index (κ3) is 5.37. The van der Waals surface area contributed by atoms with Gasteiger partial charge in [0, 0.05) is 63.8 Å². The zero-order valence-corrected chi connectivity index (χ0v) is 22.5. The van der Waals surface area contributed by atoms with Gasteiger partial charge in [0.15, 0.2) is 5.82 Å². The molecule has 3 N–H and O–H groups in total. The van der Waals surface area contributed by atoms with Crippen LogP contribution in [0.3, 0.4) is 0 Å². The average Bonchev–Trinajstić information content (AvgIpc) is 3.27. The quantitative estimate of drug-likeness (QED) is 0.440. The molecule has 0 radical (unpaired) electrons. The second-order valence-electron chi connectivity index (χ2n) is 10.8. The van der Waals surface area contributed by atoms with Crippen LogP contribution in [0, 0.1) is 0 Å². The minimum Gasteiger partial charge on any atom is -0.390 e. The van der Waals surface area contributed by atoms with E-state index in [9.17, 15) is 15.0 Å². The van der Waals surface area contributed by atoms with E-state index in [2.05, 4.69) is 38.9 Å². The molecule has 2 aliphatic heterocycles. The van der Waals surface area contributed by atoms with E-state index in [0.29, 0.717) is 69.7 Å². The summed E-state index contributed by atoms with van der Waals surface area (Å²) >= 11 is 0. The van der Waals surface area contributed by atoms with Crippen molar-refractivity contribution in [2.45, 2.75) is 58.3 Å². The van der Waals surface area contributed by atoms with Crippen LogP contribution in [0.25, 0.3) is 10.9 Å². The first-order valence-electron chi connectivity index (χ1n) is 13.3. The van der Waals surface area contributed by atoms with Gasteiger partial charge in [-0.15, -0.1) is 0 Å². The Morgan fingerprint density at radius 1 is 1.03 bits per heavy atom. The number of carbonyl (C=O) groups excluding carboxylic acids is 1. The lowest BCUT2D eigenvalue weighted by molar-refractivity contribution is -0.139. The third-order valence-electron chi connectivity index (χ3n) is 7.33. The van der Waals surface area contributed by atoms with E-state index in [1.807, 2.05) is 29.9 Å². The highest BCUT2D eigenvalue weighted by molar-refractivity contribution is 5.92. The Balaban J connectivity index is 1.35. The van der Waals surface area contributed by atoms with Crippen molar-refractivity contribution in [1.82, 2.24) is 29.6 Å². The molecule has 1 unspecified atom stereocenters. The molecule has 0 aromatic carbocycles. The van der Waals surface area contributed by atoms with Gasteiger partial charge in [0.25, 0.3) is 5.91 Å². The lowest BCUT2D eigenvalue weighted by atomic mass is 9.94. The molecule has 3 aromatic rings. The van der Waals surface area contributed by atoms with Crippen LogP contribution >= 0.6 is 0 Å². The molecule has 2 fully saturated rings. The van der Waals surface area contributed by atoms with Gasteiger partial charge < -0.3 is 30.2 Å². The predicted molar refractivity (Wildman–Crippen MR) is 146 cm³/mol. The van der Waals surface area contributed by atoms with Gasteiger partial charge in [-0.25, -0.2) is 9.97 Å². The van der Waals surface area contributed by atoms with Gasteiger partial charge in [0.2, 0.25) is 5.95 Å². The standard InChI is InChI=1S/C26H37N9O3/c1-17(2)35-20-15-22(29-21-5-8-27-25(30-21)34-9-6-26(4,38)7-10-34)28-16-19(20)23(31-35)32-11-13-33(14-12-32)24(37)18(3)36/h5,8,15-18,36,38H,6-7,9-14H2,1-4H3,(H,27,28,29,30). The van der Waals surface area contributed by atoms with Crippen molar-refractivity contribution in [1.29, 1.82) is 0 Å². The highest BCUT2D eigenvalue weighted by Gasteiger charge is 2.29. The van der Waals surface area contributed by atoms with Crippen LogP contribution in [0.2, 0.25) is 0 Å². The van der Waals surface area contributed by atoms with Gasteiger partial charge in [0.05, 0.1) is 16.5 Å². The van der Waals surface area contributed by atoms with E-state index in [-0.39, 0.29) is 11.9 Å². The van der Waals surface area contributed by atoms with Crippen LogP contribution in [0.4, 0.5) is 23.4 Å². The maximum absolute atomic E-state index is 12.2. The molecule has 5 heterocycles. The van der Waals surface area contributed by atoms with Crippen LogP contribution in [-0.4, -0.2) is 96.7 Å². The number of nitrogens with one attached hydrogen (secondary N) is 1. The zero-order chi connectivity index (χ0) is 27.0. The summed E-state index contributed by atoms with van der Waals surface area (Å²) < 4.78 is 2.00. The van der Waals surface area contributed by atoms with Crippen LogP contribution in [-0.2, 0) is 4.79 Å². The number of pyridine rings is 1.